The smallest absolute Gasteiger partial charge is 0.324 e. The zero-order valence-electron chi connectivity index (χ0n) is 15.7. The van der Waals surface area contributed by atoms with E-state index >= 15 is 0 Å². The number of rotatable bonds is 4. The van der Waals surface area contributed by atoms with Gasteiger partial charge >= 0.3 is 5.97 Å². The number of nitrogens with one attached hydrogen (secondary N) is 1. The van der Waals surface area contributed by atoms with Gasteiger partial charge in [0.05, 0.1) is 11.5 Å². The third kappa shape index (κ3) is 4.01. The second-order valence-corrected chi connectivity index (χ2v) is 8.98. The highest BCUT2D eigenvalue weighted by atomic mass is 32.2. The van der Waals surface area contributed by atoms with Gasteiger partial charge in [-0.15, -0.1) is 0 Å². The number of carbonyl (C=O) groups excluding carboxylic acids is 2. The van der Waals surface area contributed by atoms with Gasteiger partial charge < -0.3 is 10.1 Å². The molecule has 1 aromatic rings. The van der Waals surface area contributed by atoms with Crippen LogP contribution in [0.25, 0.3) is 0 Å². The molecule has 1 aromatic carbocycles. The number of hydrogen-bond acceptors (Lipinski definition) is 5. The van der Waals surface area contributed by atoms with Gasteiger partial charge in [0.25, 0.3) is 0 Å². The summed E-state index contributed by atoms with van der Waals surface area (Å²) >= 11 is 0. The van der Waals surface area contributed by atoms with Crippen LogP contribution in [0.5, 0.6) is 0 Å². The zero-order valence-corrected chi connectivity index (χ0v) is 16.5. The first kappa shape index (κ1) is 19.8. The molecule has 27 heavy (non-hydrogen) atoms. The average molecular weight is 394 g/mol. The van der Waals surface area contributed by atoms with E-state index in [-0.39, 0.29) is 29.9 Å². The van der Waals surface area contributed by atoms with E-state index in [1.54, 1.807) is 31.2 Å². The fourth-order valence-electron chi connectivity index (χ4n) is 3.93. The van der Waals surface area contributed by atoms with Crippen molar-refractivity contribution in [3.05, 3.63) is 29.8 Å². The van der Waals surface area contributed by atoms with Crippen molar-refractivity contribution < 1.29 is 22.7 Å². The molecule has 1 N–H and O–H groups in total. The summed E-state index contributed by atoms with van der Waals surface area (Å²) < 4.78 is 33.2. The van der Waals surface area contributed by atoms with Gasteiger partial charge in [0, 0.05) is 18.5 Å². The molecule has 0 aromatic heterocycles. The number of nitrogens with zero attached hydrogens (tertiary/aromatic N) is 1. The van der Waals surface area contributed by atoms with Gasteiger partial charge in [0.2, 0.25) is 15.9 Å². The van der Waals surface area contributed by atoms with Crippen LogP contribution < -0.4 is 5.32 Å². The summed E-state index contributed by atoms with van der Waals surface area (Å²) in [6.07, 6.45) is 2.71. The summed E-state index contributed by atoms with van der Waals surface area (Å²) in [7, 11) is -3.90. The largest absolute Gasteiger partial charge is 0.465 e. The lowest BCUT2D eigenvalue weighted by Gasteiger charge is -2.31. The molecular weight excluding hydrogens is 368 g/mol. The minimum absolute atomic E-state index is 0.0955. The van der Waals surface area contributed by atoms with Gasteiger partial charge in [-0.2, -0.15) is 4.31 Å². The Hall–Kier alpha value is -1.93. The van der Waals surface area contributed by atoms with Crippen LogP contribution in [-0.2, 0) is 24.3 Å². The maximum atomic E-state index is 13.4. The lowest BCUT2D eigenvalue weighted by molar-refractivity contribution is -0.147. The van der Waals surface area contributed by atoms with Gasteiger partial charge in [-0.25, -0.2) is 8.42 Å². The van der Waals surface area contributed by atoms with Crippen molar-refractivity contribution in [2.75, 3.05) is 6.61 Å². The molecule has 0 bridgehead atoms. The number of ether oxygens (including phenoxy) is 1. The Morgan fingerprint density at radius 2 is 1.96 bits per heavy atom. The molecule has 2 fully saturated rings. The van der Waals surface area contributed by atoms with Crippen LogP contribution in [-0.4, -0.2) is 49.3 Å². The van der Waals surface area contributed by atoms with Crippen molar-refractivity contribution in [1.29, 1.82) is 0 Å². The maximum absolute atomic E-state index is 13.4. The Kier molecular flexibility index (Phi) is 5.86. The molecule has 1 amide bonds. The Balaban J connectivity index is 2.01. The number of carbonyl (C=O) groups is 2. The van der Waals surface area contributed by atoms with Crippen LogP contribution >= 0.6 is 0 Å². The molecule has 0 unspecified atom stereocenters. The van der Waals surface area contributed by atoms with Crippen LogP contribution in [0.3, 0.4) is 0 Å². The average Bonchev–Trinajstić information content (AvgIpc) is 2.96. The molecule has 3 rings (SSSR count). The van der Waals surface area contributed by atoms with E-state index in [9.17, 15) is 18.0 Å². The highest BCUT2D eigenvalue weighted by Crippen LogP contribution is 2.35. The number of esters is 1. The second kappa shape index (κ2) is 7.98. The van der Waals surface area contributed by atoms with E-state index in [1.807, 2.05) is 6.92 Å². The Bertz CT molecular complexity index is 806. The summed E-state index contributed by atoms with van der Waals surface area (Å²) in [4.78, 5) is 24.7. The number of sulfonamides is 1. The molecular formula is C19H26N2O5S. The Labute approximate surface area is 160 Å². The van der Waals surface area contributed by atoms with E-state index in [0.29, 0.717) is 19.3 Å². The molecule has 8 heteroatoms. The SMILES string of the molecule is CCOC(=O)[C@H]1C[C@H]2NC(=O)CCCC[C@H]2N1S(=O)(=O)c1ccc(C)cc1. The van der Waals surface area contributed by atoms with E-state index < -0.39 is 28.1 Å². The molecule has 7 nitrogen and oxygen atoms in total. The normalized spacial score (nSPS) is 26.6. The van der Waals surface area contributed by atoms with Crippen molar-refractivity contribution in [2.24, 2.45) is 0 Å². The summed E-state index contributed by atoms with van der Waals surface area (Å²) in [5, 5.41) is 2.92. The van der Waals surface area contributed by atoms with Crippen molar-refractivity contribution in [3.8, 4) is 0 Å². The number of fused-ring (bicyclic) bond motifs is 1. The third-order valence-electron chi connectivity index (χ3n) is 5.23. The molecule has 0 spiro atoms. The minimum Gasteiger partial charge on any atom is -0.465 e. The van der Waals surface area contributed by atoms with Crippen molar-refractivity contribution in [2.45, 2.75) is 69.0 Å². The zero-order chi connectivity index (χ0) is 19.6. The molecule has 0 radical (unpaired) electrons. The van der Waals surface area contributed by atoms with Crippen LogP contribution in [0.4, 0.5) is 0 Å². The number of aryl methyl sites for hydroxylation is 1. The van der Waals surface area contributed by atoms with Crippen LogP contribution in [0.15, 0.2) is 29.2 Å². The lowest BCUT2D eigenvalue weighted by Crippen LogP contribution is -2.49. The van der Waals surface area contributed by atoms with Gasteiger partial charge in [0.1, 0.15) is 6.04 Å². The second-order valence-electron chi connectivity index (χ2n) is 7.14. The summed E-state index contributed by atoms with van der Waals surface area (Å²) in [5.41, 5.74) is 0.952. The highest BCUT2D eigenvalue weighted by Gasteiger charge is 2.51. The number of amides is 1. The van der Waals surface area contributed by atoms with E-state index in [2.05, 4.69) is 5.32 Å². The predicted octanol–water partition coefficient (Wildman–Crippen LogP) is 1.75. The summed E-state index contributed by atoms with van der Waals surface area (Å²) in [6.45, 7) is 3.75. The molecule has 2 aliphatic heterocycles. The third-order valence-corrected chi connectivity index (χ3v) is 7.18. The van der Waals surface area contributed by atoms with E-state index in [0.717, 1.165) is 12.0 Å². The molecule has 2 heterocycles. The first-order valence-corrected chi connectivity index (χ1v) is 10.8. The Morgan fingerprint density at radius 1 is 1.26 bits per heavy atom. The fraction of sp³-hybridized carbons (Fsp3) is 0.579. The standard InChI is InChI=1S/C19H26N2O5S/c1-3-26-19(23)17-12-15-16(6-4-5-7-18(22)20-15)21(17)27(24,25)14-10-8-13(2)9-11-14/h8-11,15-17H,3-7,12H2,1-2H3,(H,20,22)/t15-,16-,17-/m1/s1. The number of hydrogen-bond donors (Lipinski definition) is 1. The quantitative estimate of drug-likeness (QED) is 0.786. The van der Waals surface area contributed by atoms with Crippen molar-refractivity contribution in [3.63, 3.8) is 0 Å². The molecule has 2 saturated heterocycles. The lowest BCUT2D eigenvalue weighted by atomic mass is 9.99. The highest BCUT2D eigenvalue weighted by molar-refractivity contribution is 7.89. The van der Waals surface area contributed by atoms with Crippen molar-refractivity contribution >= 4 is 21.9 Å². The molecule has 3 atom stereocenters. The monoisotopic (exact) mass is 394 g/mol. The fourth-order valence-corrected chi connectivity index (χ4v) is 5.77. The molecule has 0 aliphatic carbocycles. The van der Waals surface area contributed by atoms with Crippen molar-refractivity contribution in [1.82, 2.24) is 9.62 Å². The topological polar surface area (TPSA) is 92.8 Å². The van der Waals surface area contributed by atoms with Crippen LogP contribution in [0, 0.1) is 6.92 Å². The first-order chi connectivity index (χ1) is 12.8. The van der Waals surface area contributed by atoms with Gasteiger partial charge in [-0.05, 0) is 45.2 Å². The van der Waals surface area contributed by atoms with Crippen LogP contribution in [0.2, 0.25) is 0 Å². The summed E-state index contributed by atoms with van der Waals surface area (Å²) in [6, 6.07) is 4.83. The molecule has 148 valence electrons. The minimum atomic E-state index is -3.90. The Morgan fingerprint density at radius 3 is 2.63 bits per heavy atom. The van der Waals surface area contributed by atoms with Gasteiger partial charge in [0.15, 0.2) is 0 Å². The van der Waals surface area contributed by atoms with E-state index in [4.69, 9.17) is 4.74 Å². The first-order valence-electron chi connectivity index (χ1n) is 9.40. The molecule has 0 saturated carbocycles. The van der Waals surface area contributed by atoms with Gasteiger partial charge in [-0.3, -0.25) is 9.59 Å². The summed E-state index contributed by atoms with van der Waals surface area (Å²) in [5.74, 6) is -0.656. The maximum Gasteiger partial charge on any atom is 0.324 e. The van der Waals surface area contributed by atoms with Crippen LogP contribution in [0.1, 0.15) is 44.6 Å². The number of benzene rings is 1. The predicted molar refractivity (Wildman–Crippen MR) is 99.4 cm³/mol. The molecule has 2 aliphatic rings. The van der Waals surface area contributed by atoms with E-state index in [1.165, 1.54) is 4.31 Å². The van der Waals surface area contributed by atoms with Gasteiger partial charge in [-0.1, -0.05) is 24.1 Å².